The van der Waals surface area contributed by atoms with Gasteiger partial charge in [-0.05, 0) is 17.7 Å². The summed E-state index contributed by atoms with van der Waals surface area (Å²) in [6, 6.07) is 17.0. The smallest absolute Gasteiger partial charge is 0.268 e. The molecule has 1 aliphatic rings. The number of amides is 1. The minimum atomic E-state index is -0.165. The Morgan fingerprint density at radius 1 is 1.26 bits per heavy atom. The Bertz CT molecular complexity index is 1150. The molecule has 0 bridgehead atoms. The predicted molar refractivity (Wildman–Crippen MR) is 125 cm³/mol. The summed E-state index contributed by atoms with van der Waals surface area (Å²) in [6.45, 7) is 2.52. The number of nitrogens with one attached hydrogen (secondary N) is 1. The molecule has 0 saturated carbocycles. The lowest BCUT2D eigenvalue weighted by Crippen LogP contribution is -2.26. The quantitative estimate of drug-likeness (QED) is 0.430. The van der Waals surface area contributed by atoms with Gasteiger partial charge < -0.3 is 10.1 Å². The van der Waals surface area contributed by atoms with E-state index in [4.69, 9.17) is 9.72 Å². The number of ether oxygens (including phenoxy) is 1. The number of carbonyl (C=O) groups excluding carboxylic acids is 1. The number of aromatic nitrogens is 2. The van der Waals surface area contributed by atoms with Crippen molar-refractivity contribution in [3.8, 4) is 5.75 Å². The molecule has 0 aliphatic carbocycles. The van der Waals surface area contributed by atoms with Crippen LogP contribution in [0, 0.1) is 0 Å². The van der Waals surface area contributed by atoms with Crippen LogP contribution in [0.3, 0.4) is 0 Å². The second-order valence-corrected chi connectivity index (χ2v) is 9.64. The maximum Gasteiger partial charge on any atom is 0.268 e. The van der Waals surface area contributed by atoms with Crippen molar-refractivity contribution in [1.29, 1.82) is 0 Å². The lowest BCUT2D eigenvalue weighted by Gasteiger charge is -2.14. The van der Waals surface area contributed by atoms with E-state index in [1.54, 1.807) is 29.5 Å². The monoisotopic (exact) mass is 453 g/mol. The second kappa shape index (κ2) is 9.62. The first-order valence-corrected chi connectivity index (χ1v) is 11.8. The second-order valence-electron chi connectivity index (χ2n) is 7.25. The molecule has 4 rings (SSSR count). The Morgan fingerprint density at radius 3 is 2.84 bits per heavy atom. The number of benzene rings is 2. The zero-order chi connectivity index (χ0) is 21.8. The average Bonchev–Trinajstić information content (AvgIpc) is 3.16. The molecule has 2 heterocycles. The first-order valence-electron chi connectivity index (χ1n) is 9.94. The standard InChI is InChI=1S/C23H23N3O3S2/c1-15-11-19-21(31-15)22(28)26(13-16-7-4-3-5-8-16)23(25-19)30-14-20(27)24-17-9-6-10-18(12-17)29-2/h3-10,12,15H,11,13-14H2,1-2H3,(H,24,27)/t15-/m0/s1. The molecule has 0 unspecified atom stereocenters. The van der Waals surface area contributed by atoms with Gasteiger partial charge in [-0.1, -0.05) is 55.1 Å². The fourth-order valence-electron chi connectivity index (χ4n) is 3.37. The zero-order valence-corrected chi connectivity index (χ0v) is 19.0. The molecule has 1 amide bonds. The predicted octanol–water partition coefficient (Wildman–Crippen LogP) is 4.07. The molecule has 0 spiro atoms. The van der Waals surface area contributed by atoms with Crippen molar-refractivity contribution >= 4 is 35.1 Å². The van der Waals surface area contributed by atoms with E-state index in [2.05, 4.69) is 12.2 Å². The number of carbonyl (C=O) groups is 1. The Labute approximate surface area is 189 Å². The maximum atomic E-state index is 13.2. The number of rotatable bonds is 7. The van der Waals surface area contributed by atoms with Crippen LogP contribution in [-0.2, 0) is 17.8 Å². The molecule has 1 aliphatic heterocycles. The van der Waals surface area contributed by atoms with E-state index in [1.807, 2.05) is 48.5 Å². The first-order chi connectivity index (χ1) is 15.0. The van der Waals surface area contributed by atoms with Gasteiger partial charge in [-0.2, -0.15) is 0 Å². The number of hydrogen-bond acceptors (Lipinski definition) is 6. The summed E-state index contributed by atoms with van der Waals surface area (Å²) < 4.78 is 6.88. The summed E-state index contributed by atoms with van der Waals surface area (Å²) >= 11 is 2.87. The van der Waals surface area contributed by atoms with Crippen LogP contribution < -0.4 is 15.6 Å². The lowest BCUT2D eigenvalue weighted by atomic mass is 10.2. The number of nitrogens with zero attached hydrogens (tertiary/aromatic N) is 2. The number of fused-ring (bicyclic) bond motifs is 1. The Morgan fingerprint density at radius 2 is 2.06 bits per heavy atom. The average molecular weight is 454 g/mol. The first kappa shape index (κ1) is 21.5. The Balaban J connectivity index is 1.55. The summed E-state index contributed by atoms with van der Waals surface area (Å²) in [7, 11) is 1.58. The molecule has 1 atom stereocenters. The zero-order valence-electron chi connectivity index (χ0n) is 17.3. The van der Waals surface area contributed by atoms with Crippen LogP contribution in [0.1, 0.15) is 18.2 Å². The van der Waals surface area contributed by atoms with Crippen molar-refractivity contribution < 1.29 is 9.53 Å². The van der Waals surface area contributed by atoms with Gasteiger partial charge in [-0.15, -0.1) is 11.8 Å². The maximum absolute atomic E-state index is 13.2. The molecular formula is C23H23N3O3S2. The molecule has 1 N–H and O–H groups in total. The summed E-state index contributed by atoms with van der Waals surface area (Å²) in [5.41, 5.74) is 2.49. The topological polar surface area (TPSA) is 73.2 Å². The molecule has 2 aromatic carbocycles. The van der Waals surface area contributed by atoms with Crippen LogP contribution in [0.5, 0.6) is 5.75 Å². The van der Waals surface area contributed by atoms with Gasteiger partial charge in [0.05, 0.1) is 30.0 Å². The van der Waals surface area contributed by atoms with Crippen molar-refractivity contribution in [2.75, 3.05) is 18.2 Å². The number of hydrogen-bond donors (Lipinski definition) is 1. The molecule has 0 fully saturated rings. The highest BCUT2D eigenvalue weighted by atomic mass is 32.2. The largest absolute Gasteiger partial charge is 0.497 e. The van der Waals surface area contributed by atoms with Crippen molar-refractivity contribution in [2.45, 2.75) is 35.2 Å². The molecule has 1 aromatic heterocycles. The number of methoxy groups -OCH3 is 1. The van der Waals surface area contributed by atoms with E-state index in [0.717, 1.165) is 22.6 Å². The van der Waals surface area contributed by atoms with Crippen molar-refractivity contribution in [1.82, 2.24) is 9.55 Å². The summed E-state index contributed by atoms with van der Waals surface area (Å²) in [4.78, 5) is 31.2. The SMILES string of the molecule is COc1cccc(NC(=O)CSc2nc3c(c(=O)n2Cc2ccccc2)S[C@@H](C)C3)c1. The fourth-order valence-corrected chi connectivity index (χ4v) is 5.30. The molecule has 31 heavy (non-hydrogen) atoms. The highest BCUT2D eigenvalue weighted by Crippen LogP contribution is 2.34. The van der Waals surface area contributed by atoms with Gasteiger partial charge in [0.15, 0.2) is 5.16 Å². The lowest BCUT2D eigenvalue weighted by molar-refractivity contribution is -0.113. The molecule has 8 heteroatoms. The molecule has 160 valence electrons. The van der Waals surface area contributed by atoms with Gasteiger partial charge in [0.25, 0.3) is 5.56 Å². The Kier molecular flexibility index (Phi) is 6.67. The summed E-state index contributed by atoms with van der Waals surface area (Å²) in [5.74, 6) is 0.663. The van der Waals surface area contributed by atoms with Crippen LogP contribution in [0.2, 0.25) is 0 Å². The van der Waals surface area contributed by atoms with Gasteiger partial charge in [0, 0.05) is 23.4 Å². The third-order valence-corrected chi connectivity index (χ3v) is 7.02. The van der Waals surface area contributed by atoms with Crippen LogP contribution in [-0.4, -0.2) is 33.6 Å². The van der Waals surface area contributed by atoms with E-state index in [9.17, 15) is 9.59 Å². The third-order valence-electron chi connectivity index (χ3n) is 4.83. The molecule has 6 nitrogen and oxygen atoms in total. The van der Waals surface area contributed by atoms with Gasteiger partial charge in [-0.3, -0.25) is 14.2 Å². The van der Waals surface area contributed by atoms with E-state index < -0.39 is 0 Å². The molecule has 0 saturated heterocycles. The number of thioether (sulfide) groups is 2. The Hall–Kier alpha value is -2.71. The van der Waals surface area contributed by atoms with Crippen molar-refractivity contribution in [3.63, 3.8) is 0 Å². The van der Waals surface area contributed by atoms with Gasteiger partial charge in [0.1, 0.15) is 5.75 Å². The minimum Gasteiger partial charge on any atom is -0.497 e. The fraction of sp³-hybridized carbons (Fsp3) is 0.261. The molecule has 0 radical (unpaired) electrons. The van der Waals surface area contributed by atoms with Gasteiger partial charge in [-0.25, -0.2) is 4.98 Å². The van der Waals surface area contributed by atoms with E-state index >= 15 is 0 Å². The summed E-state index contributed by atoms with van der Waals surface area (Å²) in [5, 5.41) is 3.77. The third kappa shape index (κ3) is 5.14. The van der Waals surface area contributed by atoms with E-state index in [1.165, 1.54) is 11.8 Å². The molecular weight excluding hydrogens is 430 g/mol. The van der Waals surface area contributed by atoms with Crippen LogP contribution in [0.4, 0.5) is 5.69 Å². The van der Waals surface area contributed by atoms with Gasteiger partial charge in [0.2, 0.25) is 5.91 Å². The van der Waals surface area contributed by atoms with Crippen molar-refractivity contribution in [2.24, 2.45) is 0 Å². The highest BCUT2D eigenvalue weighted by molar-refractivity contribution is 8.00. The van der Waals surface area contributed by atoms with Crippen LogP contribution in [0.15, 0.2) is 69.4 Å². The molecule has 3 aromatic rings. The highest BCUT2D eigenvalue weighted by Gasteiger charge is 2.26. The van der Waals surface area contributed by atoms with Crippen LogP contribution >= 0.6 is 23.5 Å². The van der Waals surface area contributed by atoms with Gasteiger partial charge >= 0.3 is 0 Å². The normalized spacial score (nSPS) is 14.8. The van der Waals surface area contributed by atoms with E-state index in [-0.39, 0.29) is 17.2 Å². The summed E-state index contributed by atoms with van der Waals surface area (Å²) in [6.07, 6.45) is 0.769. The van der Waals surface area contributed by atoms with Crippen molar-refractivity contribution in [3.05, 3.63) is 76.2 Å². The van der Waals surface area contributed by atoms with Crippen LogP contribution in [0.25, 0.3) is 0 Å². The minimum absolute atomic E-state index is 0.0288. The van der Waals surface area contributed by atoms with E-state index in [0.29, 0.717) is 28.4 Å². The number of anilines is 1.